The maximum atomic E-state index is 12.6. The number of carboxylic acids is 1. The van der Waals surface area contributed by atoms with Crippen molar-refractivity contribution < 1.29 is 33.6 Å². The Hall–Kier alpha value is -3.48. The van der Waals surface area contributed by atoms with Crippen LogP contribution in [0.25, 0.3) is 6.08 Å². The van der Waals surface area contributed by atoms with Crippen LogP contribution >= 0.6 is 0 Å². The Labute approximate surface area is 155 Å². The zero-order chi connectivity index (χ0) is 19.6. The summed E-state index contributed by atoms with van der Waals surface area (Å²) >= 11 is 0. The zero-order valence-corrected chi connectivity index (χ0v) is 15.0. The van der Waals surface area contributed by atoms with Gasteiger partial charge in [0.25, 0.3) is 0 Å². The van der Waals surface area contributed by atoms with Crippen LogP contribution in [0.4, 0.5) is 0 Å². The molecule has 2 aromatic carbocycles. The first-order valence-corrected chi connectivity index (χ1v) is 8.12. The third-order valence-corrected chi connectivity index (χ3v) is 4.03. The Kier molecular flexibility index (Phi) is 5.03. The molecule has 1 unspecified atom stereocenters. The molecule has 0 fully saturated rings. The number of ether oxygens (including phenoxy) is 4. The molecule has 0 aromatic heterocycles. The van der Waals surface area contributed by atoms with Crippen molar-refractivity contribution >= 4 is 17.8 Å². The molecule has 27 heavy (non-hydrogen) atoms. The molecule has 1 aliphatic rings. The van der Waals surface area contributed by atoms with Gasteiger partial charge in [-0.05, 0) is 43.3 Å². The van der Waals surface area contributed by atoms with Crippen LogP contribution in [0.1, 0.15) is 22.8 Å². The number of carboxylic acid groups (broad SMARTS) is 1. The standard InChI is InChI=1S/C20H18O7/c1-11(20(22)23)26-14-4-6-15-17(10-14)27-18(19(15)21)9-12-8-13(24-2)5-7-16(12)25-3/h4-11H,1-3H3,(H,22,23). The lowest BCUT2D eigenvalue weighted by molar-refractivity contribution is -0.144. The first-order chi connectivity index (χ1) is 12.9. The lowest BCUT2D eigenvalue weighted by Crippen LogP contribution is -2.22. The summed E-state index contributed by atoms with van der Waals surface area (Å²) in [5.41, 5.74) is 1.00. The van der Waals surface area contributed by atoms with Crippen molar-refractivity contribution in [1.29, 1.82) is 0 Å². The number of methoxy groups -OCH3 is 2. The average molecular weight is 370 g/mol. The van der Waals surface area contributed by atoms with Crippen LogP contribution in [0.15, 0.2) is 42.2 Å². The topological polar surface area (TPSA) is 91.3 Å². The van der Waals surface area contributed by atoms with Gasteiger partial charge in [0.1, 0.15) is 23.0 Å². The molecule has 0 bridgehead atoms. The molecule has 0 amide bonds. The molecule has 1 aliphatic heterocycles. The normalized spacial score (nSPS) is 15.1. The van der Waals surface area contributed by atoms with Crippen LogP contribution in [0.2, 0.25) is 0 Å². The summed E-state index contributed by atoms with van der Waals surface area (Å²) in [7, 11) is 3.08. The third kappa shape index (κ3) is 3.72. The van der Waals surface area contributed by atoms with Gasteiger partial charge in [0.05, 0.1) is 19.8 Å². The van der Waals surface area contributed by atoms with E-state index >= 15 is 0 Å². The molecular formula is C20H18O7. The van der Waals surface area contributed by atoms with E-state index in [1.807, 2.05) is 0 Å². The van der Waals surface area contributed by atoms with Gasteiger partial charge in [-0.25, -0.2) is 4.79 Å². The lowest BCUT2D eigenvalue weighted by Gasteiger charge is -2.10. The molecule has 1 N–H and O–H groups in total. The summed E-state index contributed by atoms with van der Waals surface area (Å²) in [5.74, 6) is 0.546. The largest absolute Gasteiger partial charge is 0.497 e. The van der Waals surface area contributed by atoms with Crippen LogP contribution in [0, 0.1) is 0 Å². The molecule has 7 heteroatoms. The summed E-state index contributed by atoms with van der Waals surface area (Å²) in [6.07, 6.45) is 0.556. The van der Waals surface area contributed by atoms with Crippen molar-refractivity contribution in [2.75, 3.05) is 14.2 Å². The number of allylic oxidation sites excluding steroid dienone is 1. The van der Waals surface area contributed by atoms with E-state index < -0.39 is 12.1 Å². The molecule has 7 nitrogen and oxygen atoms in total. The number of carbonyl (C=O) groups excluding carboxylic acids is 1. The minimum Gasteiger partial charge on any atom is -0.497 e. The second-order valence-electron chi connectivity index (χ2n) is 5.80. The second kappa shape index (κ2) is 7.41. The fourth-order valence-corrected chi connectivity index (χ4v) is 2.59. The molecule has 0 aliphatic carbocycles. The highest BCUT2D eigenvalue weighted by Gasteiger charge is 2.28. The molecule has 1 heterocycles. The van der Waals surface area contributed by atoms with Crippen molar-refractivity contribution in [3.63, 3.8) is 0 Å². The van der Waals surface area contributed by atoms with Gasteiger partial charge in [-0.1, -0.05) is 0 Å². The number of benzene rings is 2. The van der Waals surface area contributed by atoms with Gasteiger partial charge in [0.2, 0.25) is 5.78 Å². The summed E-state index contributed by atoms with van der Waals surface area (Å²) < 4.78 is 21.5. The van der Waals surface area contributed by atoms with Gasteiger partial charge in [-0.3, -0.25) is 4.79 Å². The number of hydrogen-bond donors (Lipinski definition) is 1. The second-order valence-corrected chi connectivity index (χ2v) is 5.80. The van der Waals surface area contributed by atoms with E-state index in [2.05, 4.69) is 0 Å². The van der Waals surface area contributed by atoms with Crippen LogP contribution in [0.5, 0.6) is 23.0 Å². The SMILES string of the molecule is COc1ccc(OC)c(C=C2Oc3cc(OC(C)C(=O)O)ccc3C2=O)c1. The van der Waals surface area contributed by atoms with Crippen LogP contribution in [0.3, 0.4) is 0 Å². The van der Waals surface area contributed by atoms with E-state index in [1.165, 1.54) is 26.2 Å². The van der Waals surface area contributed by atoms with E-state index in [0.717, 1.165) is 0 Å². The van der Waals surface area contributed by atoms with E-state index in [0.29, 0.717) is 34.1 Å². The highest BCUT2D eigenvalue weighted by Crippen LogP contribution is 2.36. The van der Waals surface area contributed by atoms with Crippen molar-refractivity contribution in [2.24, 2.45) is 0 Å². The smallest absolute Gasteiger partial charge is 0.344 e. The average Bonchev–Trinajstić information content (AvgIpc) is 2.96. The molecule has 0 radical (unpaired) electrons. The number of aliphatic carboxylic acids is 1. The first-order valence-electron chi connectivity index (χ1n) is 8.12. The van der Waals surface area contributed by atoms with Gasteiger partial charge in [0.15, 0.2) is 11.9 Å². The summed E-state index contributed by atoms with van der Waals surface area (Å²) in [6, 6.07) is 9.79. The Morgan fingerprint density at radius 1 is 1.11 bits per heavy atom. The van der Waals surface area contributed by atoms with Crippen molar-refractivity contribution in [3.8, 4) is 23.0 Å². The number of hydrogen-bond acceptors (Lipinski definition) is 6. The van der Waals surface area contributed by atoms with Crippen molar-refractivity contribution in [2.45, 2.75) is 13.0 Å². The van der Waals surface area contributed by atoms with Gasteiger partial charge >= 0.3 is 5.97 Å². The number of Topliss-reactive ketones (excluding diaryl/α,β-unsaturated/α-hetero) is 1. The van der Waals surface area contributed by atoms with E-state index in [4.69, 9.17) is 24.1 Å². The zero-order valence-electron chi connectivity index (χ0n) is 15.0. The third-order valence-electron chi connectivity index (χ3n) is 4.03. The Morgan fingerprint density at radius 2 is 1.85 bits per heavy atom. The maximum Gasteiger partial charge on any atom is 0.344 e. The molecule has 2 aromatic rings. The minimum absolute atomic E-state index is 0.125. The Morgan fingerprint density at radius 3 is 2.52 bits per heavy atom. The predicted octanol–water partition coefficient (Wildman–Crippen LogP) is 3.17. The highest BCUT2D eigenvalue weighted by molar-refractivity contribution is 6.14. The summed E-state index contributed by atoms with van der Waals surface area (Å²) in [4.78, 5) is 23.5. The summed E-state index contributed by atoms with van der Waals surface area (Å²) in [6.45, 7) is 1.42. The first kappa shape index (κ1) is 18.3. The molecule has 3 rings (SSSR count). The minimum atomic E-state index is -1.09. The lowest BCUT2D eigenvalue weighted by atomic mass is 10.1. The molecule has 1 atom stereocenters. The van der Waals surface area contributed by atoms with Crippen LogP contribution in [-0.4, -0.2) is 37.2 Å². The fraction of sp³-hybridized carbons (Fsp3) is 0.200. The molecular weight excluding hydrogens is 352 g/mol. The number of ketones is 1. The highest BCUT2D eigenvalue weighted by atomic mass is 16.5. The molecule has 0 spiro atoms. The number of rotatable bonds is 6. The molecule has 0 saturated heterocycles. The Balaban J connectivity index is 1.90. The van der Waals surface area contributed by atoms with E-state index in [9.17, 15) is 9.59 Å². The predicted molar refractivity (Wildman–Crippen MR) is 96.6 cm³/mol. The van der Waals surface area contributed by atoms with Gasteiger partial charge in [-0.15, -0.1) is 0 Å². The van der Waals surface area contributed by atoms with Gasteiger partial charge in [0, 0.05) is 11.6 Å². The van der Waals surface area contributed by atoms with Crippen molar-refractivity contribution in [1.82, 2.24) is 0 Å². The number of carbonyl (C=O) groups is 2. The Bertz CT molecular complexity index is 930. The fourth-order valence-electron chi connectivity index (χ4n) is 2.59. The quantitative estimate of drug-likeness (QED) is 0.781. The monoisotopic (exact) mass is 370 g/mol. The van der Waals surface area contributed by atoms with Crippen LogP contribution in [-0.2, 0) is 4.79 Å². The maximum absolute atomic E-state index is 12.6. The van der Waals surface area contributed by atoms with Crippen molar-refractivity contribution in [3.05, 3.63) is 53.3 Å². The van der Waals surface area contributed by atoms with E-state index in [-0.39, 0.29) is 11.5 Å². The molecule has 0 saturated carbocycles. The number of fused-ring (bicyclic) bond motifs is 1. The molecule has 140 valence electrons. The van der Waals surface area contributed by atoms with E-state index in [1.54, 1.807) is 37.5 Å². The van der Waals surface area contributed by atoms with Crippen LogP contribution < -0.4 is 18.9 Å². The summed E-state index contributed by atoms with van der Waals surface area (Å²) in [5, 5.41) is 8.94. The van der Waals surface area contributed by atoms with Gasteiger partial charge < -0.3 is 24.1 Å². The van der Waals surface area contributed by atoms with Gasteiger partial charge in [-0.2, -0.15) is 0 Å².